The van der Waals surface area contributed by atoms with E-state index >= 15 is 0 Å². The largest absolute Gasteiger partial charge is 0.391 e. The molecule has 0 saturated carbocycles. The van der Waals surface area contributed by atoms with Crippen LogP contribution >= 0.6 is 11.6 Å². The van der Waals surface area contributed by atoms with E-state index in [9.17, 15) is 14.3 Å². The highest BCUT2D eigenvalue weighted by molar-refractivity contribution is 6.33. The average Bonchev–Trinajstić information content (AvgIpc) is 2.64. The van der Waals surface area contributed by atoms with E-state index in [1.807, 2.05) is 0 Å². The summed E-state index contributed by atoms with van der Waals surface area (Å²) in [5.41, 5.74) is -0.113. The van der Waals surface area contributed by atoms with Crippen molar-refractivity contribution in [1.82, 2.24) is 4.90 Å². The number of carbonyl (C=O) groups is 1. The number of likely N-dealkylation sites (tertiary alicyclic amines) is 1. The van der Waals surface area contributed by atoms with Crippen LogP contribution in [-0.4, -0.2) is 35.1 Å². The Labute approximate surface area is 97.4 Å². The van der Waals surface area contributed by atoms with E-state index in [0.717, 1.165) is 0 Å². The van der Waals surface area contributed by atoms with Gasteiger partial charge < -0.3 is 10.0 Å². The lowest BCUT2D eigenvalue weighted by Gasteiger charge is -2.16. The second-order valence-corrected chi connectivity index (χ2v) is 4.20. The third-order valence-corrected chi connectivity index (χ3v) is 2.94. The maximum absolute atomic E-state index is 13.5. The van der Waals surface area contributed by atoms with Crippen molar-refractivity contribution in [3.05, 3.63) is 34.6 Å². The molecule has 0 aliphatic carbocycles. The lowest BCUT2D eigenvalue weighted by Crippen LogP contribution is -2.30. The summed E-state index contributed by atoms with van der Waals surface area (Å²) in [6.45, 7) is 0.675. The van der Waals surface area contributed by atoms with Crippen molar-refractivity contribution in [3.63, 3.8) is 0 Å². The van der Waals surface area contributed by atoms with Crippen molar-refractivity contribution in [3.8, 4) is 0 Å². The zero-order chi connectivity index (χ0) is 11.7. The van der Waals surface area contributed by atoms with Gasteiger partial charge in [-0.2, -0.15) is 0 Å². The van der Waals surface area contributed by atoms with E-state index in [-0.39, 0.29) is 17.1 Å². The first kappa shape index (κ1) is 11.4. The highest BCUT2D eigenvalue weighted by Crippen LogP contribution is 2.22. The molecule has 16 heavy (non-hydrogen) atoms. The number of nitrogens with zero attached hydrogens (tertiary/aromatic N) is 1. The number of β-amino-alcohol motifs (C(OH)–C–C–N with tert-alkyl or cyclic N) is 1. The lowest BCUT2D eigenvalue weighted by atomic mass is 10.2. The van der Waals surface area contributed by atoms with Gasteiger partial charge in [0.25, 0.3) is 5.91 Å². The zero-order valence-electron chi connectivity index (χ0n) is 8.49. The molecule has 3 nitrogen and oxygen atoms in total. The van der Waals surface area contributed by atoms with Crippen LogP contribution in [0.25, 0.3) is 0 Å². The van der Waals surface area contributed by atoms with Gasteiger partial charge in [-0.25, -0.2) is 4.39 Å². The summed E-state index contributed by atoms with van der Waals surface area (Å²) in [6.07, 6.45) is 0.00662. The Kier molecular flexibility index (Phi) is 3.12. The van der Waals surface area contributed by atoms with Crippen LogP contribution in [0.2, 0.25) is 5.02 Å². The van der Waals surface area contributed by atoms with Gasteiger partial charge in [0.2, 0.25) is 0 Å². The Bertz CT molecular complexity index is 404. The second-order valence-electron chi connectivity index (χ2n) is 3.79. The molecule has 1 fully saturated rings. The van der Waals surface area contributed by atoms with Crippen LogP contribution in [0, 0.1) is 5.82 Å². The Morgan fingerprint density at radius 2 is 2.31 bits per heavy atom. The number of halogens is 2. The molecule has 1 heterocycles. The van der Waals surface area contributed by atoms with Crippen LogP contribution in [0.1, 0.15) is 16.8 Å². The number of aliphatic hydroxyl groups excluding tert-OH is 1. The fraction of sp³-hybridized carbons (Fsp3) is 0.364. The van der Waals surface area contributed by atoms with Gasteiger partial charge in [0.15, 0.2) is 0 Å². The van der Waals surface area contributed by atoms with Crippen molar-refractivity contribution >= 4 is 17.5 Å². The fourth-order valence-corrected chi connectivity index (χ4v) is 2.03. The van der Waals surface area contributed by atoms with E-state index in [0.29, 0.717) is 13.0 Å². The summed E-state index contributed by atoms with van der Waals surface area (Å²) in [4.78, 5) is 13.3. The van der Waals surface area contributed by atoms with Gasteiger partial charge in [-0.3, -0.25) is 4.79 Å². The van der Waals surface area contributed by atoms with Crippen LogP contribution < -0.4 is 0 Å². The van der Waals surface area contributed by atoms with Crippen molar-refractivity contribution in [2.45, 2.75) is 12.5 Å². The molecule has 1 aliphatic heterocycles. The maximum atomic E-state index is 13.5. The molecule has 0 radical (unpaired) electrons. The van der Waals surface area contributed by atoms with Crippen LogP contribution in [0.4, 0.5) is 4.39 Å². The Balaban J connectivity index is 2.27. The quantitative estimate of drug-likeness (QED) is 0.815. The van der Waals surface area contributed by atoms with Crippen LogP contribution in [-0.2, 0) is 0 Å². The minimum Gasteiger partial charge on any atom is -0.391 e. The Hall–Kier alpha value is -1.13. The maximum Gasteiger partial charge on any atom is 0.258 e. The van der Waals surface area contributed by atoms with Gasteiger partial charge in [0, 0.05) is 13.1 Å². The first-order chi connectivity index (χ1) is 7.59. The summed E-state index contributed by atoms with van der Waals surface area (Å²) in [5, 5.41) is 9.42. The molecule has 1 aromatic carbocycles. The smallest absolute Gasteiger partial charge is 0.258 e. The summed E-state index contributed by atoms with van der Waals surface area (Å²) in [7, 11) is 0. The molecule has 1 amide bonds. The molecule has 2 rings (SSSR count). The first-order valence-corrected chi connectivity index (χ1v) is 5.38. The molecule has 5 heteroatoms. The van der Waals surface area contributed by atoms with E-state index in [2.05, 4.69) is 0 Å². The lowest BCUT2D eigenvalue weighted by molar-refractivity contribution is 0.0760. The summed E-state index contributed by atoms with van der Waals surface area (Å²) >= 11 is 5.79. The van der Waals surface area contributed by atoms with Crippen LogP contribution in [0.3, 0.4) is 0 Å². The molecule has 1 aromatic rings. The van der Waals surface area contributed by atoms with E-state index in [1.165, 1.54) is 23.1 Å². The molecule has 0 spiro atoms. The summed E-state index contributed by atoms with van der Waals surface area (Å²) in [5.74, 6) is -1.08. The minimum absolute atomic E-state index is 0.103. The molecule has 1 saturated heterocycles. The average molecular weight is 244 g/mol. The second kappa shape index (κ2) is 4.39. The van der Waals surface area contributed by atoms with E-state index < -0.39 is 17.8 Å². The predicted octanol–water partition coefficient (Wildman–Crippen LogP) is 1.69. The monoisotopic (exact) mass is 243 g/mol. The van der Waals surface area contributed by atoms with Gasteiger partial charge in [-0.1, -0.05) is 17.7 Å². The highest BCUT2D eigenvalue weighted by atomic mass is 35.5. The van der Waals surface area contributed by atoms with Gasteiger partial charge >= 0.3 is 0 Å². The first-order valence-electron chi connectivity index (χ1n) is 5.01. The summed E-state index contributed by atoms with van der Waals surface area (Å²) in [6, 6.07) is 4.13. The SMILES string of the molecule is O=C(c1c(F)cccc1Cl)N1CCC(O)C1. The molecule has 86 valence electrons. The standard InChI is InChI=1S/C11H11ClFNO2/c12-8-2-1-3-9(13)10(8)11(16)14-5-4-7(15)6-14/h1-3,7,15H,4-6H2. The molecule has 1 N–H and O–H groups in total. The normalized spacial score (nSPS) is 20.2. The van der Waals surface area contributed by atoms with Gasteiger partial charge in [0.05, 0.1) is 16.7 Å². The summed E-state index contributed by atoms with van der Waals surface area (Å²) < 4.78 is 13.5. The minimum atomic E-state index is -0.626. The fourth-order valence-electron chi connectivity index (χ4n) is 1.79. The number of hydrogen-bond donors (Lipinski definition) is 1. The predicted molar refractivity (Wildman–Crippen MR) is 57.9 cm³/mol. The molecule has 0 aromatic heterocycles. The molecule has 1 aliphatic rings. The van der Waals surface area contributed by atoms with Crippen molar-refractivity contribution in [1.29, 1.82) is 0 Å². The zero-order valence-corrected chi connectivity index (χ0v) is 9.25. The number of rotatable bonds is 1. The number of amides is 1. The molecular formula is C11H11ClFNO2. The van der Waals surface area contributed by atoms with Gasteiger partial charge in [-0.05, 0) is 18.6 Å². The van der Waals surface area contributed by atoms with Gasteiger partial charge in [-0.15, -0.1) is 0 Å². The van der Waals surface area contributed by atoms with Crippen molar-refractivity contribution in [2.24, 2.45) is 0 Å². The van der Waals surface area contributed by atoms with Crippen molar-refractivity contribution in [2.75, 3.05) is 13.1 Å². The number of hydrogen-bond acceptors (Lipinski definition) is 2. The highest BCUT2D eigenvalue weighted by Gasteiger charge is 2.28. The molecule has 0 bridgehead atoms. The van der Waals surface area contributed by atoms with E-state index in [1.54, 1.807) is 0 Å². The Morgan fingerprint density at radius 3 is 2.88 bits per heavy atom. The third-order valence-electron chi connectivity index (χ3n) is 2.63. The van der Waals surface area contributed by atoms with Crippen LogP contribution in [0.5, 0.6) is 0 Å². The molecular weight excluding hydrogens is 233 g/mol. The van der Waals surface area contributed by atoms with Gasteiger partial charge in [0.1, 0.15) is 5.82 Å². The van der Waals surface area contributed by atoms with Crippen LogP contribution in [0.15, 0.2) is 18.2 Å². The molecule has 1 atom stereocenters. The number of carbonyl (C=O) groups excluding carboxylic acids is 1. The molecule has 1 unspecified atom stereocenters. The topological polar surface area (TPSA) is 40.5 Å². The third kappa shape index (κ3) is 2.03. The number of benzene rings is 1. The Morgan fingerprint density at radius 1 is 1.56 bits per heavy atom. The number of aliphatic hydroxyl groups is 1. The van der Waals surface area contributed by atoms with E-state index in [4.69, 9.17) is 11.6 Å². The van der Waals surface area contributed by atoms with Crippen molar-refractivity contribution < 1.29 is 14.3 Å².